The molecule has 0 spiro atoms. The summed E-state index contributed by atoms with van der Waals surface area (Å²) in [6, 6.07) is 19.3. The molecule has 1 fully saturated rings. The van der Waals surface area contributed by atoms with Crippen molar-refractivity contribution in [3.63, 3.8) is 0 Å². The third kappa shape index (κ3) is 6.37. The molecule has 5 aromatic rings. The smallest absolute Gasteiger partial charge is 0.323 e. The van der Waals surface area contributed by atoms with Crippen LogP contribution in [0.5, 0.6) is 0 Å². The average molecular weight is 595 g/mol. The Morgan fingerprint density at radius 3 is 2.41 bits per heavy atom. The molecular formula is C33H28F2N6O3. The molecule has 3 aromatic carbocycles. The van der Waals surface area contributed by atoms with E-state index in [1.807, 2.05) is 6.07 Å². The molecule has 2 aromatic heterocycles. The summed E-state index contributed by atoms with van der Waals surface area (Å²) in [6.45, 7) is 3.84. The number of Topliss-reactive ketones (excluding diaryl/α,β-unsaturated/α-hetero) is 1. The number of morpholine rings is 1. The molecule has 1 aliphatic rings. The van der Waals surface area contributed by atoms with Crippen LogP contribution in [0.1, 0.15) is 12.5 Å². The molecule has 0 saturated carbocycles. The highest BCUT2D eigenvalue weighted by Gasteiger charge is 2.20. The Morgan fingerprint density at radius 1 is 0.909 bits per heavy atom. The Bertz CT molecular complexity index is 1860. The molecule has 0 bridgehead atoms. The van der Waals surface area contributed by atoms with Crippen LogP contribution < -0.4 is 15.5 Å². The van der Waals surface area contributed by atoms with Gasteiger partial charge in [-0.3, -0.25) is 4.79 Å². The summed E-state index contributed by atoms with van der Waals surface area (Å²) < 4.78 is 35.3. The normalized spacial score (nSPS) is 13.1. The fraction of sp³-hybridized carbons (Fsp3) is 0.182. The number of fused-ring (bicyclic) bond motifs is 1. The van der Waals surface area contributed by atoms with Crippen molar-refractivity contribution in [3.05, 3.63) is 96.3 Å². The van der Waals surface area contributed by atoms with E-state index in [1.165, 1.54) is 25.3 Å². The number of rotatable bonds is 7. The van der Waals surface area contributed by atoms with E-state index in [0.717, 1.165) is 10.9 Å². The molecule has 1 saturated heterocycles. The minimum absolute atomic E-state index is 0.0250. The molecule has 3 heterocycles. The molecule has 0 aliphatic carbocycles. The first-order valence-corrected chi connectivity index (χ1v) is 14.1. The zero-order valence-electron chi connectivity index (χ0n) is 23.8. The van der Waals surface area contributed by atoms with Crippen LogP contribution >= 0.6 is 0 Å². The van der Waals surface area contributed by atoms with E-state index in [-0.39, 0.29) is 17.3 Å². The number of nitrogens with zero attached hydrogens (tertiary/aromatic N) is 4. The number of carbonyl (C=O) groups excluding carboxylic acids is 2. The van der Waals surface area contributed by atoms with Crippen LogP contribution in [0.25, 0.3) is 33.4 Å². The van der Waals surface area contributed by atoms with Crippen molar-refractivity contribution >= 4 is 39.9 Å². The molecule has 2 N–H and O–H groups in total. The van der Waals surface area contributed by atoms with Gasteiger partial charge in [0.2, 0.25) is 5.95 Å². The van der Waals surface area contributed by atoms with Gasteiger partial charge in [-0.2, -0.15) is 4.39 Å². The fourth-order valence-electron chi connectivity index (χ4n) is 5.06. The number of hydrogen-bond donors (Lipinski definition) is 2. The number of ketones is 1. The zero-order chi connectivity index (χ0) is 30.6. The van der Waals surface area contributed by atoms with Gasteiger partial charge in [0.15, 0.2) is 5.82 Å². The first-order chi connectivity index (χ1) is 21.3. The predicted octanol–water partition coefficient (Wildman–Crippen LogP) is 6.25. The number of hydrogen-bond acceptors (Lipinski definition) is 7. The first kappa shape index (κ1) is 28.8. The summed E-state index contributed by atoms with van der Waals surface area (Å²) >= 11 is 0. The van der Waals surface area contributed by atoms with Crippen LogP contribution in [0.15, 0.2) is 79.0 Å². The second kappa shape index (κ2) is 12.5. The van der Waals surface area contributed by atoms with Crippen LogP contribution in [0.4, 0.5) is 30.8 Å². The van der Waals surface area contributed by atoms with E-state index in [9.17, 15) is 14.0 Å². The van der Waals surface area contributed by atoms with Gasteiger partial charge in [-0.25, -0.2) is 24.1 Å². The summed E-state index contributed by atoms with van der Waals surface area (Å²) in [6.07, 6.45) is 1.70. The summed E-state index contributed by atoms with van der Waals surface area (Å²) in [7, 11) is 0. The quantitative estimate of drug-likeness (QED) is 0.215. The fourth-order valence-corrected chi connectivity index (χ4v) is 5.06. The SMILES string of the molecule is CC(=O)Cc1ccc(NC(=O)Nc2ccc(-c3nc(N4CCOCC4)c4ccc(-c5cccnc5F)cc4n3)cc2F)cc1. The number of aromatic nitrogens is 3. The average Bonchev–Trinajstić information content (AvgIpc) is 3.02. The largest absolute Gasteiger partial charge is 0.378 e. The summed E-state index contributed by atoms with van der Waals surface area (Å²) in [5.41, 5.74) is 3.22. The van der Waals surface area contributed by atoms with Gasteiger partial charge in [-0.15, -0.1) is 0 Å². The minimum Gasteiger partial charge on any atom is -0.378 e. The van der Waals surface area contributed by atoms with E-state index in [4.69, 9.17) is 14.7 Å². The monoisotopic (exact) mass is 594 g/mol. The van der Waals surface area contributed by atoms with E-state index in [1.54, 1.807) is 54.6 Å². The number of urea groups is 1. The van der Waals surface area contributed by atoms with Gasteiger partial charge in [0.25, 0.3) is 0 Å². The lowest BCUT2D eigenvalue weighted by molar-refractivity contribution is -0.116. The van der Waals surface area contributed by atoms with E-state index in [2.05, 4.69) is 20.5 Å². The molecular weight excluding hydrogens is 566 g/mol. The third-order valence-electron chi connectivity index (χ3n) is 7.20. The number of carbonyl (C=O) groups is 2. The van der Waals surface area contributed by atoms with Crippen LogP contribution in [0, 0.1) is 11.8 Å². The summed E-state index contributed by atoms with van der Waals surface area (Å²) in [5, 5.41) is 5.95. The predicted molar refractivity (Wildman–Crippen MR) is 165 cm³/mol. The Hall–Kier alpha value is -5.29. The molecule has 6 rings (SSSR count). The number of nitrogens with one attached hydrogen (secondary N) is 2. The number of ether oxygens (including phenoxy) is 1. The van der Waals surface area contributed by atoms with Gasteiger partial charge in [-0.05, 0) is 72.6 Å². The molecule has 0 unspecified atom stereocenters. The minimum atomic E-state index is -0.669. The van der Waals surface area contributed by atoms with Crippen molar-refractivity contribution in [1.82, 2.24) is 15.0 Å². The first-order valence-electron chi connectivity index (χ1n) is 14.1. The van der Waals surface area contributed by atoms with Gasteiger partial charge >= 0.3 is 6.03 Å². The maximum atomic E-state index is 15.3. The van der Waals surface area contributed by atoms with Crippen molar-refractivity contribution < 1.29 is 23.1 Å². The second-order valence-electron chi connectivity index (χ2n) is 10.4. The van der Waals surface area contributed by atoms with Crippen LogP contribution in [-0.4, -0.2) is 53.1 Å². The molecule has 11 heteroatoms. The topological polar surface area (TPSA) is 109 Å². The molecule has 0 atom stereocenters. The molecule has 1 aliphatic heterocycles. The highest BCUT2D eigenvalue weighted by atomic mass is 19.1. The van der Waals surface area contributed by atoms with Crippen molar-refractivity contribution in [1.29, 1.82) is 0 Å². The van der Waals surface area contributed by atoms with Crippen LogP contribution in [0.2, 0.25) is 0 Å². The molecule has 44 heavy (non-hydrogen) atoms. The summed E-state index contributed by atoms with van der Waals surface area (Å²) in [4.78, 5) is 39.3. The number of anilines is 3. The molecule has 0 radical (unpaired) electrons. The van der Waals surface area contributed by atoms with Gasteiger partial charge in [0.05, 0.1) is 24.4 Å². The van der Waals surface area contributed by atoms with Gasteiger partial charge < -0.3 is 20.3 Å². The maximum absolute atomic E-state index is 15.3. The highest BCUT2D eigenvalue weighted by Crippen LogP contribution is 2.33. The van der Waals surface area contributed by atoms with Gasteiger partial charge in [0, 0.05) is 47.9 Å². The Balaban J connectivity index is 1.28. The Kier molecular flexibility index (Phi) is 8.20. The van der Waals surface area contributed by atoms with Crippen LogP contribution in [0.3, 0.4) is 0 Å². The number of benzene rings is 3. The highest BCUT2D eigenvalue weighted by molar-refractivity contribution is 6.00. The van der Waals surface area contributed by atoms with E-state index >= 15 is 4.39 Å². The number of amides is 2. The number of pyridine rings is 1. The molecule has 2 amide bonds. The lowest BCUT2D eigenvalue weighted by Gasteiger charge is -2.29. The zero-order valence-corrected chi connectivity index (χ0v) is 23.8. The number of halogens is 2. The van der Waals surface area contributed by atoms with Crippen molar-refractivity contribution in [2.45, 2.75) is 13.3 Å². The van der Waals surface area contributed by atoms with Crippen molar-refractivity contribution in [2.75, 3.05) is 41.8 Å². The maximum Gasteiger partial charge on any atom is 0.323 e. The van der Waals surface area contributed by atoms with Crippen molar-refractivity contribution in [3.8, 4) is 22.5 Å². The van der Waals surface area contributed by atoms with Gasteiger partial charge in [0.1, 0.15) is 17.4 Å². The molecule has 9 nitrogen and oxygen atoms in total. The van der Waals surface area contributed by atoms with E-state index in [0.29, 0.717) is 66.4 Å². The summed E-state index contributed by atoms with van der Waals surface area (Å²) in [5.74, 6) is -0.268. The Labute approximate surface area is 251 Å². The lowest BCUT2D eigenvalue weighted by Crippen LogP contribution is -2.37. The second-order valence-corrected chi connectivity index (χ2v) is 10.4. The third-order valence-corrected chi connectivity index (χ3v) is 7.20. The van der Waals surface area contributed by atoms with E-state index < -0.39 is 17.8 Å². The lowest BCUT2D eigenvalue weighted by atomic mass is 10.0. The van der Waals surface area contributed by atoms with Gasteiger partial charge in [-0.1, -0.05) is 18.2 Å². The molecule has 222 valence electrons. The van der Waals surface area contributed by atoms with Crippen molar-refractivity contribution in [2.24, 2.45) is 0 Å². The van der Waals surface area contributed by atoms with Crippen LogP contribution in [-0.2, 0) is 16.0 Å². The Morgan fingerprint density at radius 2 is 1.68 bits per heavy atom. The standard InChI is InChI=1S/C33H28F2N6O3/c1-20(42)17-21-4-8-24(9-5-21)37-33(43)39-28-11-7-23(18-27(28)34)31-38-29-19-22(25-3-2-12-36-30(25)35)6-10-26(29)32(40-31)41-13-15-44-16-14-41/h2-12,18-19H,13-17H2,1H3,(H2,37,39,43).